The lowest BCUT2D eigenvalue weighted by molar-refractivity contribution is -0.115. The van der Waals surface area contributed by atoms with E-state index in [1.165, 1.54) is 11.1 Å². The predicted molar refractivity (Wildman–Crippen MR) is 97.0 cm³/mol. The summed E-state index contributed by atoms with van der Waals surface area (Å²) in [5, 5.41) is 6.93. The molecule has 0 aromatic heterocycles. The Kier molecular flexibility index (Phi) is 6.63. The molecule has 2 aromatic carbocycles. The summed E-state index contributed by atoms with van der Waals surface area (Å²) in [4.78, 5) is 12.2. The molecule has 2 N–H and O–H groups in total. The number of aryl methyl sites for hydroxylation is 2. The molecule has 2 rings (SSSR count). The van der Waals surface area contributed by atoms with Crippen LogP contribution in [-0.4, -0.2) is 12.5 Å². The van der Waals surface area contributed by atoms with Crippen LogP contribution in [-0.2, 0) is 24.2 Å². The van der Waals surface area contributed by atoms with E-state index in [0.29, 0.717) is 6.54 Å². The highest BCUT2D eigenvalue weighted by molar-refractivity contribution is 6.30. The van der Waals surface area contributed by atoms with Gasteiger partial charge >= 0.3 is 0 Å². The van der Waals surface area contributed by atoms with Crippen molar-refractivity contribution in [3.8, 4) is 0 Å². The van der Waals surface area contributed by atoms with Gasteiger partial charge in [-0.3, -0.25) is 4.79 Å². The molecule has 0 saturated carbocycles. The number of para-hydroxylation sites is 1. The number of anilines is 1. The molecule has 2 aromatic rings. The average Bonchev–Trinajstić information content (AvgIpc) is 2.57. The summed E-state index contributed by atoms with van der Waals surface area (Å²) >= 11 is 5.86. The summed E-state index contributed by atoms with van der Waals surface area (Å²) in [7, 11) is 0. The Balaban J connectivity index is 1.91. The standard InChI is InChI=1S/C19H23ClN2O/c1-3-15-6-5-7-16(4-2)19(15)22-18(23)13-21-12-14-8-10-17(20)11-9-14/h5-11,21H,3-4,12-13H2,1-2H3,(H,22,23). The van der Waals surface area contributed by atoms with Gasteiger partial charge in [-0.2, -0.15) is 0 Å². The van der Waals surface area contributed by atoms with Crippen molar-refractivity contribution in [2.24, 2.45) is 0 Å². The maximum atomic E-state index is 12.2. The summed E-state index contributed by atoms with van der Waals surface area (Å²) in [5.41, 5.74) is 4.42. The number of nitrogens with one attached hydrogen (secondary N) is 2. The van der Waals surface area contributed by atoms with Crippen molar-refractivity contribution >= 4 is 23.2 Å². The van der Waals surface area contributed by atoms with Crippen molar-refractivity contribution in [2.45, 2.75) is 33.2 Å². The molecule has 0 bridgehead atoms. The highest BCUT2D eigenvalue weighted by Gasteiger charge is 2.09. The molecular weight excluding hydrogens is 308 g/mol. The molecule has 0 unspecified atom stereocenters. The fraction of sp³-hybridized carbons (Fsp3) is 0.316. The van der Waals surface area contributed by atoms with Crippen LogP contribution in [0.4, 0.5) is 5.69 Å². The molecule has 0 heterocycles. The van der Waals surface area contributed by atoms with Gasteiger partial charge in [-0.1, -0.05) is 55.8 Å². The van der Waals surface area contributed by atoms with Gasteiger partial charge in [0, 0.05) is 17.3 Å². The molecule has 0 aliphatic carbocycles. The summed E-state index contributed by atoms with van der Waals surface area (Å²) in [6.45, 7) is 5.12. The highest BCUT2D eigenvalue weighted by atomic mass is 35.5. The number of hydrogen-bond acceptors (Lipinski definition) is 2. The summed E-state index contributed by atoms with van der Waals surface area (Å²) in [6.07, 6.45) is 1.81. The first-order valence-electron chi connectivity index (χ1n) is 7.99. The molecule has 1 amide bonds. The number of amides is 1. The van der Waals surface area contributed by atoms with E-state index in [2.05, 4.69) is 36.6 Å². The maximum Gasteiger partial charge on any atom is 0.238 e. The lowest BCUT2D eigenvalue weighted by Gasteiger charge is -2.14. The normalized spacial score (nSPS) is 10.6. The molecule has 0 aliphatic rings. The fourth-order valence-corrected chi connectivity index (χ4v) is 2.64. The van der Waals surface area contributed by atoms with Crippen LogP contribution in [0.1, 0.15) is 30.5 Å². The Labute approximate surface area is 143 Å². The summed E-state index contributed by atoms with van der Waals surface area (Å²) in [6, 6.07) is 13.8. The van der Waals surface area contributed by atoms with Crippen molar-refractivity contribution < 1.29 is 4.79 Å². The van der Waals surface area contributed by atoms with Crippen molar-refractivity contribution in [1.82, 2.24) is 5.32 Å². The van der Waals surface area contributed by atoms with Crippen LogP contribution in [0.25, 0.3) is 0 Å². The number of carbonyl (C=O) groups excluding carboxylic acids is 1. The van der Waals surface area contributed by atoms with Gasteiger partial charge in [-0.15, -0.1) is 0 Å². The molecule has 0 radical (unpaired) electrons. The average molecular weight is 331 g/mol. The predicted octanol–water partition coefficient (Wildman–Crippen LogP) is 4.19. The van der Waals surface area contributed by atoms with E-state index in [4.69, 9.17) is 11.6 Å². The van der Waals surface area contributed by atoms with Crippen LogP contribution >= 0.6 is 11.6 Å². The quantitative estimate of drug-likeness (QED) is 0.799. The first-order chi connectivity index (χ1) is 11.1. The zero-order valence-electron chi connectivity index (χ0n) is 13.7. The van der Waals surface area contributed by atoms with E-state index < -0.39 is 0 Å². The smallest absolute Gasteiger partial charge is 0.238 e. The largest absolute Gasteiger partial charge is 0.324 e. The molecule has 23 heavy (non-hydrogen) atoms. The van der Waals surface area contributed by atoms with Crippen LogP contribution < -0.4 is 10.6 Å². The number of rotatable bonds is 7. The van der Waals surface area contributed by atoms with Gasteiger partial charge in [0.05, 0.1) is 6.54 Å². The lowest BCUT2D eigenvalue weighted by Crippen LogP contribution is -2.28. The van der Waals surface area contributed by atoms with Crippen LogP contribution in [0.15, 0.2) is 42.5 Å². The summed E-state index contributed by atoms with van der Waals surface area (Å²) < 4.78 is 0. The van der Waals surface area contributed by atoms with Gasteiger partial charge in [0.25, 0.3) is 0 Å². The Hall–Kier alpha value is -1.84. The van der Waals surface area contributed by atoms with Crippen LogP contribution in [0.3, 0.4) is 0 Å². The molecule has 4 heteroatoms. The molecule has 0 fully saturated rings. The zero-order valence-corrected chi connectivity index (χ0v) is 14.4. The summed E-state index contributed by atoms with van der Waals surface area (Å²) in [5.74, 6) is -0.0189. The first kappa shape index (κ1) is 17.5. The molecule has 0 atom stereocenters. The molecule has 0 spiro atoms. The Morgan fingerprint density at radius 2 is 1.61 bits per heavy atom. The first-order valence-corrected chi connectivity index (χ1v) is 8.37. The number of carbonyl (C=O) groups is 1. The minimum absolute atomic E-state index is 0.0189. The van der Waals surface area contributed by atoms with E-state index >= 15 is 0 Å². The van der Waals surface area contributed by atoms with Crippen LogP contribution in [0.5, 0.6) is 0 Å². The molecule has 3 nitrogen and oxygen atoms in total. The van der Waals surface area contributed by atoms with Crippen molar-refractivity contribution in [3.05, 3.63) is 64.2 Å². The van der Waals surface area contributed by atoms with Crippen molar-refractivity contribution in [1.29, 1.82) is 0 Å². The minimum Gasteiger partial charge on any atom is -0.324 e. The monoisotopic (exact) mass is 330 g/mol. The van der Waals surface area contributed by atoms with E-state index in [-0.39, 0.29) is 12.5 Å². The Morgan fingerprint density at radius 1 is 1.00 bits per heavy atom. The fourth-order valence-electron chi connectivity index (χ4n) is 2.51. The number of hydrogen-bond donors (Lipinski definition) is 2. The second-order valence-corrected chi connectivity index (χ2v) is 5.87. The lowest BCUT2D eigenvalue weighted by atomic mass is 10.0. The molecule has 122 valence electrons. The van der Waals surface area contributed by atoms with Crippen molar-refractivity contribution in [3.63, 3.8) is 0 Å². The van der Waals surface area contributed by atoms with E-state index in [0.717, 1.165) is 29.1 Å². The van der Waals surface area contributed by atoms with E-state index in [1.807, 2.05) is 30.3 Å². The van der Waals surface area contributed by atoms with Crippen LogP contribution in [0, 0.1) is 0 Å². The van der Waals surface area contributed by atoms with Gasteiger partial charge < -0.3 is 10.6 Å². The SMILES string of the molecule is CCc1cccc(CC)c1NC(=O)CNCc1ccc(Cl)cc1. The van der Waals surface area contributed by atoms with E-state index in [1.54, 1.807) is 0 Å². The van der Waals surface area contributed by atoms with E-state index in [9.17, 15) is 4.79 Å². The molecule has 0 aliphatic heterocycles. The third kappa shape index (κ3) is 5.08. The Bertz CT molecular complexity index is 631. The third-order valence-corrected chi connectivity index (χ3v) is 4.04. The van der Waals surface area contributed by atoms with Crippen molar-refractivity contribution in [2.75, 3.05) is 11.9 Å². The minimum atomic E-state index is -0.0189. The third-order valence-electron chi connectivity index (χ3n) is 3.79. The highest BCUT2D eigenvalue weighted by Crippen LogP contribution is 2.22. The van der Waals surface area contributed by atoms with Gasteiger partial charge in [0.15, 0.2) is 0 Å². The molecular formula is C19H23ClN2O. The number of halogens is 1. The van der Waals surface area contributed by atoms with Gasteiger partial charge in [0.2, 0.25) is 5.91 Å². The second kappa shape index (κ2) is 8.70. The van der Waals surface area contributed by atoms with Gasteiger partial charge in [0.1, 0.15) is 0 Å². The number of benzene rings is 2. The Morgan fingerprint density at radius 3 is 2.17 bits per heavy atom. The van der Waals surface area contributed by atoms with Gasteiger partial charge in [-0.05, 0) is 41.7 Å². The molecule has 0 saturated heterocycles. The zero-order chi connectivity index (χ0) is 16.7. The van der Waals surface area contributed by atoms with Gasteiger partial charge in [-0.25, -0.2) is 0 Å². The topological polar surface area (TPSA) is 41.1 Å². The van der Waals surface area contributed by atoms with Crippen LogP contribution in [0.2, 0.25) is 5.02 Å². The second-order valence-electron chi connectivity index (χ2n) is 5.44. The maximum absolute atomic E-state index is 12.2.